The first kappa shape index (κ1) is 10.8. The molecule has 0 aromatic heterocycles. The van der Waals surface area contributed by atoms with E-state index in [0.717, 1.165) is 22.5 Å². The zero-order valence-electron chi connectivity index (χ0n) is 8.38. The first-order chi connectivity index (χ1) is 7.68. The highest BCUT2D eigenvalue weighted by Crippen LogP contribution is 2.34. The molecule has 2 aromatic rings. The van der Waals surface area contributed by atoms with Crippen molar-refractivity contribution in [2.45, 2.75) is 4.90 Å². The summed E-state index contributed by atoms with van der Waals surface area (Å²) in [6, 6.07) is 11.1. The Morgan fingerprint density at radius 3 is 2.69 bits per heavy atom. The summed E-state index contributed by atoms with van der Waals surface area (Å²) in [4.78, 5) is 11.0. The van der Waals surface area contributed by atoms with Crippen LogP contribution in [0.5, 0.6) is 5.75 Å². The van der Waals surface area contributed by atoms with Crippen LogP contribution < -0.4 is 0 Å². The highest BCUT2D eigenvalue weighted by molar-refractivity contribution is 8.00. The molecule has 4 heteroatoms. The lowest BCUT2D eigenvalue weighted by molar-refractivity contribution is -0.133. The van der Waals surface area contributed by atoms with Crippen molar-refractivity contribution in [2.75, 3.05) is 5.75 Å². The molecule has 2 aromatic carbocycles. The number of aromatic hydroxyl groups is 1. The van der Waals surface area contributed by atoms with Gasteiger partial charge in [-0.25, -0.2) is 0 Å². The molecule has 3 nitrogen and oxygen atoms in total. The standard InChI is InChI=1S/C12H10O3S/c13-11(14)7-16-10-6-5-8-3-1-2-4-9(8)12(10)15/h1-6,15H,7H2,(H,13,14). The molecule has 0 spiro atoms. The average molecular weight is 234 g/mol. The summed E-state index contributed by atoms with van der Waals surface area (Å²) >= 11 is 1.12. The Balaban J connectivity index is 2.40. The number of benzene rings is 2. The summed E-state index contributed by atoms with van der Waals surface area (Å²) in [5, 5.41) is 20.2. The van der Waals surface area contributed by atoms with Gasteiger partial charge in [0.25, 0.3) is 0 Å². The molecule has 0 saturated carbocycles. The van der Waals surface area contributed by atoms with Crippen molar-refractivity contribution in [1.82, 2.24) is 0 Å². The zero-order chi connectivity index (χ0) is 11.5. The highest BCUT2D eigenvalue weighted by atomic mass is 32.2. The van der Waals surface area contributed by atoms with Gasteiger partial charge < -0.3 is 10.2 Å². The van der Waals surface area contributed by atoms with Gasteiger partial charge in [0, 0.05) is 5.39 Å². The molecule has 0 radical (unpaired) electrons. The minimum Gasteiger partial charge on any atom is -0.506 e. The Morgan fingerprint density at radius 2 is 1.94 bits per heavy atom. The second kappa shape index (κ2) is 4.45. The minimum atomic E-state index is -0.891. The maximum absolute atomic E-state index is 10.4. The minimum absolute atomic E-state index is 0.0497. The SMILES string of the molecule is O=C(O)CSc1ccc2ccccc2c1O. The fourth-order valence-corrected chi connectivity index (χ4v) is 2.18. The summed E-state index contributed by atoms with van der Waals surface area (Å²) in [6.07, 6.45) is 0. The molecule has 0 unspecified atom stereocenters. The number of carboxylic acids is 1. The van der Waals surface area contributed by atoms with Crippen LogP contribution in [0.4, 0.5) is 0 Å². The number of aliphatic carboxylic acids is 1. The van der Waals surface area contributed by atoms with Gasteiger partial charge in [-0.2, -0.15) is 0 Å². The molecule has 0 aliphatic rings. The third-order valence-corrected chi connectivity index (χ3v) is 3.25. The average Bonchev–Trinajstić information content (AvgIpc) is 2.28. The summed E-state index contributed by atoms with van der Waals surface area (Å²) in [5.74, 6) is -0.784. The van der Waals surface area contributed by atoms with Crippen molar-refractivity contribution in [2.24, 2.45) is 0 Å². The van der Waals surface area contributed by atoms with Crippen LogP contribution in [-0.2, 0) is 4.79 Å². The number of phenols is 1. The molecule has 82 valence electrons. The number of hydrogen-bond acceptors (Lipinski definition) is 3. The van der Waals surface area contributed by atoms with E-state index in [4.69, 9.17) is 5.11 Å². The van der Waals surface area contributed by atoms with Crippen molar-refractivity contribution in [3.63, 3.8) is 0 Å². The molecule has 0 bridgehead atoms. The molecule has 0 heterocycles. The number of rotatable bonds is 3. The third kappa shape index (κ3) is 2.12. The molecule has 0 saturated heterocycles. The third-order valence-electron chi connectivity index (χ3n) is 2.21. The van der Waals surface area contributed by atoms with Crippen molar-refractivity contribution >= 4 is 28.5 Å². The van der Waals surface area contributed by atoms with E-state index in [1.807, 2.05) is 30.3 Å². The largest absolute Gasteiger partial charge is 0.506 e. The van der Waals surface area contributed by atoms with Crippen molar-refractivity contribution in [3.05, 3.63) is 36.4 Å². The fourth-order valence-electron chi connectivity index (χ4n) is 1.49. The molecule has 0 aliphatic carbocycles. The number of fused-ring (bicyclic) bond motifs is 1. The van der Waals surface area contributed by atoms with E-state index in [2.05, 4.69) is 0 Å². The van der Waals surface area contributed by atoms with Crippen molar-refractivity contribution in [3.8, 4) is 5.75 Å². The Bertz CT molecular complexity index is 537. The van der Waals surface area contributed by atoms with Gasteiger partial charge in [-0.15, -0.1) is 11.8 Å². The monoisotopic (exact) mass is 234 g/mol. The number of carboxylic acid groups (broad SMARTS) is 1. The van der Waals surface area contributed by atoms with Gasteiger partial charge in [0.2, 0.25) is 0 Å². The second-order valence-corrected chi connectivity index (χ2v) is 4.33. The van der Waals surface area contributed by atoms with Crippen LogP contribution in [0, 0.1) is 0 Å². The second-order valence-electron chi connectivity index (χ2n) is 3.32. The summed E-state index contributed by atoms with van der Waals surface area (Å²) in [6.45, 7) is 0. The lowest BCUT2D eigenvalue weighted by atomic mass is 10.1. The summed E-state index contributed by atoms with van der Waals surface area (Å²) in [5.41, 5.74) is 0. The van der Waals surface area contributed by atoms with E-state index in [9.17, 15) is 9.90 Å². The summed E-state index contributed by atoms with van der Waals surface area (Å²) in [7, 11) is 0. The Labute approximate surface area is 96.7 Å². The van der Waals surface area contributed by atoms with Crippen LogP contribution in [0.3, 0.4) is 0 Å². The summed E-state index contributed by atoms with van der Waals surface area (Å²) < 4.78 is 0. The van der Waals surface area contributed by atoms with Gasteiger partial charge in [0.15, 0.2) is 0 Å². The van der Waals surface area contributed by atoms with Crippen LogP contribution in [0.1, 0.15) is 0 Å². The van der Waals surface area contributed by atoms with Gasteiger partial charge in [-0.3, -0.25) is 4.79 Å². The lowest BCUT2D eigenvalue weighted by Crippen LogP contribution is -1.97. The number of thioether (sulfide) groups is 1. The molecule has 0 fully saturated rings. The van der Waals surface area contributed by atoms with E-state index in [1.54, 1.807) is 6.07 Å². The van der Waals surface area contributed by atoms with Gasteiger partial charge in [-0.1, -0.05) is 30.3 Å². The quantitative estimate of drug-likeness (QED) is 0.802. The highest BCUT2D eigenvalue weighted by Gasteiger charge is 2.07. The van der Waals surface area contributed by atoms with Gasteiger partial charge in [0.1, 0.15) is 5.75 Å². The van der Waals surface area contributed by atoms with Crippen LogP contribution in [0.15, 0.2) is 41.3 Å². The normalized spacial score (nSPS) is 10.5. The van der Waals surface area contributed by atoms with Crippen LogP contribution in [-0.4, -0.2) is 21.9 Å². The van der Waals surface area contributed by atoms with E-state index < -0.39 is 5.97 Å². The number of hydrogen-bond donors (Lipinski definition) is 2. The first-order valence-electron chi connectivity index (χ1n) is 4.74. The van der Waals surface area contributed by atoms with Gasteiger partial charge >= 0.3 is 5.97 Å². The molecular weight excluding hydrogens is 224 g/mol. The predicted molar refractivity (Wildman–Crippen MR) is 64.0 cm³/mol. The molecule has 2 rings (SSSR count). The van der Waals surface area contributed by atoms with E-state index >= 15 is 0 Å². The molecule has 2 N–H and O–H groups in total. The fraction of sp³-hybridized carbons (Fsp3) is 0.0833. The Hall–Kier alpha value is -1.68. The molecule has 0 atom stereocenters. The molecule has 0 amide bonds. The first-order valence-corrected chi connectivity index (χ1v) is 5.72. The number of carbonyl (C=O) groups is 1. The zero-order valence-corrected chi connectivity index (χ0v) is 9.20. The Kier molecular flexibility index (Phi) is 3.01. The molecule has 0 aliphatic heterocycles. The molecule has 16 heavy (non-hydrogen) atoms. The van der Waals surface area contributed by atoms with E-state index in [-0.39, 0.29) is 11.5 Å². The van der Waals surface area contributed by atoms with Gasteiger partial charge in [-0.05, 0) is 11.5 Å². The van der Waals surface area contributed by atoms with Crippen molar-refractivity contribution < 1.29 is 15.0 Å². The van der Waals surface area contributed by atoms with Crippen LogP contribution >= 0.6 is 11.8 Å². The topological polar surface area (TPSA) is 57.5 Å². The molecular formula is C12H10O3S. The lowest BCUT2D eigenvalue weighted by Gasteiger charge is -2.06. The maximum atomic E-state index is 10.4. The number of phenolic OH excluding ortho intramolecular Hbond substituents is 1. The van der Waals surface area contributed by atoms with E-state index in [0.29, 0.717) is 4.90 Å². The predicted octanol–water partition coefficient (Wildman–Crippen LogP) is 2.72. The van der Waals surface area contributed by atoms with Gasteiger partial charge in [0.05, 0.1) is 10.6 Å². The van der Waals surface area contributed by atoms with Crippen molar-refractivity contribution in [1.29, 1.82) is 0 Å². The van der Waals surface area contributed by atoms with Crippen LogP contribution in [0.2, 0.25) is 0 Å². The smallest absolute Gasteiger partial charge is 0.313 e. The Morgan fingerprint density at radius 1 is 1.19 bits per heavy atom. The van der Waals surface area contributed by atoms with Crippen LogP contribution in [0.25, 0.3) is 10.8 Å². The van der Waals surface area contributed by atoms with E-state index in [1.165, 1.54) is 0 Å². The maximum Gasteiger partial charge on any atom is 0.313 e.